The predicted octanol–water partition coefficient (Wildman–Crippen LogP) is 5.34. The minimum Gasteiger partial charge on any atom is -0.166 e. The van der Waals surface area contributed by atoms with Gasteiger partial charge in [0.05, 0.1) is 5.57 Å². The molecule has 4 aromatic rings. The van der Waals surface area contributed by atoms with E-state index < -0.39 is 19.8 Å². The fraction of sp³-hybridized carbons (Fsp3) is 0.0370. The summed E-state index contributed by atoms with van der Waals surface area (Å²) in [6.45, 7) is 0. The molecule has 0 aliphatic rings. The normalized spacial score (nSPS) is 12.5. The zero-order valence-electron chi connectivity index (χ0n) is 16.8. The molecular formula is C27H21F3Si. The van der Waals surface area contributed by atoms with Gasteiger partial charge >= 0.3 is 6.18 Å². The third-order valence-electron chi connectivity index (χ3n) is 5.44. The molecule has 154 valence electrons. The molecule has 0 N–H and O–H groups in total. The molecule has 31 heavy (non-hydrogen) atoms. The summed E-state index contributed by atoms with van der Waals surface area (Å²) < 4.78 is 43.3. The molecule has 0 bridgehead atoms. The Hall–Kier alpha value is -3.37. The first-order valence-corrected chi connectivity index (χ1v) is 12.1. The zero-order chi connectivity index (χ0) is 21.7. The molecule has 4 heteroatoms. The lowest BCUT2D eigenvalue weighted by Crippen LogP contribution is -2.66. The molecule has 0 aliphatic heterocycles. The van der Waals surface area contributed by atoms with E-state index in [-0.39, 0.29) is 5.56 Å². The molecule has 0 unspecified atom stereocenters. The second kappa shape index (κ2) is 8.78. The van der Waals surface area contributed by atoms with Crippen LogP contribution in [0.15, 0.2) is 127 Å². The van der Waals surface area contributed by atoms with E-state index >= 15 is 0 Å². The summed E-state index contributed by atoms with van der Waals surface area (Å²) in [5.41, 5.74) is 1.09. The van der Waals surface area contributed by atoms with E-state index in [0.29, 0.717) is 0 Å². The molecule has 0 radical (unpaired) electrons. The highest BCUT2D eigenvalue weighted by molar-refractivity contribution is 7.15. The summed E-state index contributed by atoms with van der Waals surface area (Å²) in [5, 5.41) is 2.72. The summed E-state index contributed by atoms with van der Waals surface area (Å²) in [7, 11) is -3.16. The minimum absolute atomic E-state index is 0.176. The summed E-state index contributed by atoms with van der Waals surface area (Å²) >= 11 is 0. The Labute approximate surface area is 181 Å². The van der Waals surface area contributed by atoms with Crippen molar-refractivity contribution in [2.75, 3.05) is 0 Å². The van der Waals surface area contributed by atoms with Crippen molar-refractivity contribution >= 4 is 29.2 Å². The molecule has 0 atom stereocenters. The Balaban J connectivity index is 2.13. The van der Waals surface area contributed by atoms with Crippen LogP contribution in [0.4, 0.5) is 13.2 Å². The van der Waals surface area contributed by atoms with Gasteiger partial charge in [-0.25, -0.2) is 0 Å². The van der Waals surface area contributed by atoms with E-state index in [1.165, 1.54) is 17.8 Å². The number of hydrogen-bond donors (Lipinski definition) is 0. The average molecular weight is 431 g/mol. The van der Waals surface area contributed by atoms with Crippen molar-refractivity contribution < 1.29 is 13.2 Å². The van der Waals surface area contributed by atoms with E-state index in [9.17, 15) is 13.2 Å². The Morgan fingerprint density at radius 3 is 1.16 bits per heavy atom. The van der Waals surface area contributed by atoms with Crippen LogP contribution in [-0.2, 0) is 0 Å². The van der Waals surface area contributed by atoms with Crippen molar-refractivity contribution in [2.45, 2.75) is 6.18 Å². The summed E-state index contributed by atoms with van der Waals surface area (Å²) in [6, 6.07) is 36.8. The van der Waals surface area contributed by atoms with Crippen LogP contribution in [0.3, 0.4) is 0 Å². The molecule has 0 fully saturated rings. The average Bonchev–Trinajstić information content (AvgIpc) is 2.81. The molecule has 0 amide bonds. The number of halogens is 3. The highest BCUT2D eigenvalue weighted by Crippen LogP contribution is 2.35. The molecule has 0 saturated heterocycles. The van der Waals surface area contributed by atoms with Crippen molar-refractivity contribution in [3.63, 3.8) is 0 Å². The predicted molar refractivity (Wildman–Crippen MR) is 124 cm³/mol. The molecule has 4 rings (SSSR count). The lowest BCUT2D eigenvalue weighted by Gasteiger charge is -2.32. The van der Waals surface area contributed by atoms with Crippen molar-refractivity contribution in [3.8, 4) is 0 Å². The van der Waals surface area contributed by atoms with Gasteiger partial charge in [-0.15, -0.1) is 0 Å². The van der Waals surface area contributed by atoms with Gasteiger partial charge in [0, 0.05) is 0 Å². The van der Waals surface area contributed by atoms with Gasteiger partial charge in [-0.05, 0) is 21.1 Å². The highest BCUT2D eigenvalue weighted by atomic mass is 28.3. The van der Waals surface area contributed by atoms with Crippen LogP contribution in [0.1, 0.15) is 5.56 Å². The maximum absolute atomic E-state index is 14.4. The Bertz CT molecular complexity index is 1040. The van der Waals surface area contributed by atoms with E-state index in [0.717, 1.165) is 15.6 Å². The second-order valence-electron chi connectivity index (χ2n) is 7.33. The fourth-order valence-corrected chi connectivity index (χ4v) is 8.43. The maximum Gasteiger partial charge on any atom is 0.416 e. The first-order valence-electron chi connectivity index (χ1n) is 10.0. The van der Waals surface area contributed by atoms with Crippen LogP contribution < -0.4 is 15.6 Å². The van der Waals surface area contributed by atoms with Gasteiger partial charge < -0.3 is 0 Å². The SMILES string of the molecule is FC(F)(F)C(=C[Si](c1ccccc1)(c1ccccc1)c1ccccc1)c1ccccc1. The van der Waals surface area contributed by atoms with Crippen molar-refractivity contribution in [3.05, 3.63) is 133 Å². The Kier molecular flexibility index (Phi) is 5.91. The summed E-state index contributed by atoms with van der Waals surface area (Å²) in [5.74, 6) is 0. The van der Waals surface area contributed by atoms with Gasteiger partial charge in [-0.2, -0.15) is 13.2 Å². The van der Waals surface area contributed by atoms with Crippen LogP contribution in [-0.4, -0.2) is 14.3 Å². The van der Waals surface area contributed by atoms with E-state index in [1.54, 1.807) is 18.2 Å². The van der Waals surface area contributed by atoms with Gasteiger partial charge in [-0.1, -0.05) is 127 Å². The van der Waals surface area contributed by atoms with Crippen molar-refractivity contribution in [1.29, 1.82) is 0 Å². The standard InChI is InChI=1S/C27H21F3Si/c28-27(29,30)26(22-13-5-1-6-14-22)21-31(23-15-7-2-8-16-23,24-17-9-3-10-18-24)25-19-11-4-12-20-25/h1-21H. The molecule has 0 spiro atoms. The number of rotatable bonds is 5. The van der Waals surface area contributed by atoms with E-state index in [1.807, 2.05) is 91.0 Å². The van der Waals surface area contributed by atoms with Crippen LogP contribution in [0.2, 0.25) is 0 Å². The lowest BCUT2D eigenvalue weighted by atomic mass is 10.1. The topological polar surface area (TPSA) is 0 Å². The van der Waals surface area contributed by atoms with Crippen LogP contribution in [0, 0.1) is 0 Å². The molecule has 0 nitrogen and oxygen atoms in total. The number of hydrogen-bond acceptors (Lipinski definition) is 0. The van der Waals surface area contributed by atoms with E-state index in [2.05, 4.69) is 0 Å². The molecule has 4 aromatic carbocycles. The Morgan fingerprint density at radius 1 is 0.516 bits per heavy atom. The number of benzene rings is 4. The Morgan fingerprint density at radius 2 is 0.839 bits per heavy atom. The quantitative estimate of drug-likeness (QED) is 0.296. The smallest absolute Gasteiger partial charge is 0.166 e. The molecule has 0 heterocycles. The monoisotopic (exact) mass is 430 g/mol. The first-order chi connectivity index (χ1) is 15.0. The highest BCUT2D eigenvalue weighted by Gasteiger charge is 2.43. The van der Waals surface area contributed by atoms with Gasteiger partial charge in [0.25, 0.3) is 0 Å². The lowest BCUT2D eigenvalue weighted by molar-refractivity contribution is -0.0688. The third kappa shape index (κ3) is 4.25. The molecule has 0 aromatic heterocycles. The van der Waals surface area contributed by atoms with Crippen LogP contribution in [0.25, 0.3) is 5.57 Å². The largest absolute Gasteiger partial charge is 0.416 e. The first kappa shape index (κ1) is 20.9. The molecule has 0 saturated carbocycles. The zero-order valence-corrected chi connectivity index (χ0v) is 17.8. The molecule has 0 aliphatic carbocycles. The second-order valence-corrected chi connectivity index (χ2v) is 11.0. The third-order valence-corrected chi connectivity index (χ3v) is 9.89. The van der Waals surface area contributed by atoms with Crippen LogP contribution >= 0.6 is 0 Å². The fourth-order valence-electron chi connectivity index (χ4n) is 4.02. The van der Waals surface area contributed by atoms with Crippen LogP contribution in [0.5, 0.6) is 0 Å². The van der Waals surface area contributed by atoms with E-state index in [4.69, 9.17) is 0 Å². The van der Waals surface area contributed by atoms with Gasteiger partial charge in [0.15, 0.2) is 8.07 Å². The van der Waals surface area contributed by atoms with Gasteiger partial charge in [0.1, 0.15) is 0 Å². The van der Waals surface area contributed by atoms with Gasteiger partial charge in [-0.3, -0.25) is 0 Å². The van der Waals surface area contributed by atoms with Crippen molar-refractivity contribution in [1.82, 2.24) is 0 Å². The number of allylic oxidation sites excluding steroid dienone is 1. The molecular weight excluding hydrogens is 409 g/mol. The summed E-state index contributed by atoms with van der Waals surface area (Å²) in [6.07, 6.45) is -4.49. The van der Waals surface area contributed by atoms with Gasteiger partial charge in [0.2, 0.25) is 0 Å². The maximum atomic E-state index is 14.4. The van der Waals surface area contributed by atoms with Crippen molar-refractivity contribution in [2.24, 2.45) is 0 Å². The minimum atomic E-state index is -4.49. The summed E-state index contributed by atoms with van der Waals surface area (Å²) in [4.78, 5) is 0. The number of alkyl halides is 3.